The second kappa shape index (κ2) is 5.38. The van der Waals surface area contributed by atoms with Gasteiger partial charge in [-0.15, -0.1) is 0 Å². The highest BCUT2D eigenvalue weighted by molar-refractivity contribution is 6.25. The van der Waals surface area contributed by atoms with E-state index in [-0.39, 0.29) is 0 Å². The maximum atomic E-state index is 5.09. The molecular weight excluding hydrogens is 304 g/mol. The van der Waals surface area contributed by atoms with Crippen LogP contribution < -0.4 is 0 Å². The van der Waals surface area contributed by atoms with Crippen LogP contribution in [0.4, 0.5) is 5.69 Å². The molecule has 2 heteroatoms. The number of fused-ring (bicyclic) bond motifs is 4. The van der Waals surface area contributed by atoms with Crippen LogP contribution in [0.3, 0.4) is 0 Å². The maximum absolute atomic E-state index is 5.09. The Labute approximate surface area is 146 Å². The van der Waals surface area contributed by atoms with Crippen LogP contribution in [0.1, 0.15) is 16.7 Å². The first-order chi connectivity index (χ1) is 12.3. The molecule has 0 N–H and O–H groups in total. The van der Waals surface area contributed by atoms with E-state index in [4.69, 9.17) is 4.99 Å². The van der Waals surface area contributed by atoms with Gasteiger partial charge in [0.2, 0.25) is 0 Å². The van der Waals surface area contributed by atoms with Gasteiger partial charge in [0.1, 0.15) is 0 Å². The van der Waals surface area contributed by atoms with E-state index >= 15 is 0 Å². The molecule has 1 heterocycles. The van der Waals surface area contributed by atoms with Crippen LogP contribution >= 0.6 is 0 Å². The number of aliphatic imine (C=N–C) groups is 1. The largest absolute Gasteiger partial charge is 0.255 e. The summed E-state index contributed by atoms with van der Waals surface area (Å²) in [5, 5.41) is 2.38. The highest BCUT2D eigenvalue weighted by Crippen LogP contribution is 2.37. The molecule has 4 aromatic rings. The molecule has 0 fully saturated rings. The lowest BCUT2D eigenvalue weighted by atomic mass is 10.1. The quantitative estimate of drug-likeness (QED) is 0.389. The molecule has 0 saturated heterocycles. The van der Waals surface area contributed by atoms with Crippen molar-refractivity contribution in [3.8, 4) is 11.3 Å². The van der Waals surface area contributed by atoms with Crippen LogP contribution in [-0.4, -0.2) is 10.7 Å². The summed E-state index contributed by atoms with van der Waals surface area (Å²) in [6.45, 7) is 2.08. The lowest BCUT2D eigenvalue weighted by Gasteiger charge is -2.06. The lowest BCUT2D eigenvalue weighted by molar-refractivity contribution is 1.27. The molecule has 0 unspecified atom stereocenters. The second-order valence-corrected chi connectivity index (χ2v) is 6.41. The van der Waals surface area contributed by atoms with Crippen LogP contribution in [0.25, 0.3) is 22.0 Å². The van der Waals surface area contributed by atoms with E-state index in [9.17, 15) is 0 Å². The van der Waals surface area contributed by atoms with Crippen molar-refractivity contribution in [3.05, 3.63) is 95.7 Å². The van der Waals surface area contributed by atoms with Gasteiger partial charge in [-0.3, -0.25) is 4.98 Å². The summed E-state index contributed by atoms with van der Waals surface area (Å²) in [4.78, 5) is 9.76. The van der Waals surface area contributed by atoms with E-state index in [1.807, 2.05) is 6.20 Å². The predicted octanol–water partition coefficient (Wildman–Crippen LogP) is 5.69. The van der Waals surface area contributed by atoms with Gasteiger partial charge in [-0.1, -0.05) is 60.7 Å². The van der Waals surface area contributed by atoms with Crippen molar-refractivity contribution in [3.63, 3.8) is 0 Å². The number of nitrogens with zero attached hydrogens (tertiary/aromatic N) is 2. The fraction of sp³-hybridized carbons (Fsp3) is 0.0435. The molecule has 5 rings (SSSR count). The molecule has 1 aliphatic rings. The average Bonchev–Trinajstić information content (AvgIpc) is 2.95. The summed E-state index contributed by atoms with van der Waals surface area (Å²) in [5.41, 5.74) is 7.63. The summed E-state index contributed by atoms with van der Waals surface area (Å²) in [5.74, 6) is 0. The van der Waals surface area contributed by atoms with Gasteiger partial charge >= 0.3 is 0 Å². The van der Waals surface area contributed by atoms with Gasteiger partial charge in [-0.2, -0.15) is 0 Å². The van der Waals surface area contributed by atoms with Crippen molar-refractivity contribution in [1.82, 2.24) is 4.98 Å². The Balaban J connectivity index is 1.82. The van der Waals surface area contributed by atoms with Crippen LogP contribution in [0, 0.1) is 6.92 Å². The molecule has 3 aromatic carbocycles. The average molecular weight is 320 g/mol. The fourth-order valence-corrected chi connectivity index (χ4v) is 3.55. The molecule has 2 nitrogen and oxygen atoms in total. The van der Waals surface area contributed by atoms with Gasteiger partial charge in [0.25, 0.3) is 0 Å². The third kappa shape index (κ3) is 2.18. The number of benzene rings is 3. The topological polar surface area (TPSA) is 25.2 Å². The first-order valence-electron chi connectivity index (χ1n) is 8.44. The minimum atomic E-state index is 0.997. The highest BCUT2D eigenvalue weighted by Gasteiger charge is 2.26. The molecule has 0 spiro atoms. The van der Waals surface area contributed by atoms with E-state index in [0.29, 0.717) is 0 Å². The smallest absolute Gasteiger partial charge is 0.0810 e. The van der Waals surface area contributed by atoms with E-state index in [0.717, 1.165) is 39.3 Å². The lowest BCUT2D eigenvalue weighted by Crippen LogP contribution is -1.98. The molecule has 0 atom stereocenters. The Hall–Kier alpha value is -3.26. The molecule has 0 radical (unpaired) electrons. The Morgan fingerprint density at radius 2 is 1.52 bits per heavy atom. The van der Waals surface area contributed by atoms with Crippen molar-refractivity contribution >= 4 is 22.2 Å². The molecule has 0 saturated carbocycles. The summed E-state index contributed by atoms with van der Waals surface area (Å²) in [6, 6.07) is 25.2. The molecule has 0 amide bonds. The first kappa shape index (κ1) is 14.1. The number of aryl methyl sites for hydroxylation is 1. The Kier molecular flexibility index (Phi) is 3.04. The number of rotatable bonds is 1. The SMILES string of the molecule is Cc1cnc2c(c1)C(=Nc1cccc3ccccc13)c1ccccc1-2. The van der Waals surface area contributed by atoms with Crippen LogP contribution in [0.2, 0.25) is 0 Å². The monoisotopic (exact) mass is 320 g/mol. The number of pyridine rings is 1. The molecule has 118 valence electrons. The third-order valence-electron chi connectivity index (χ3n) is 4.72. The number of hydrogen-bond donors (Lipinski definition) is 0. The molecule has 25 heavy (non-hydrogen) atoms. The van der Waals surface area contributed by atoms with E-state index in [1.54, 1.807) is 0 Å². The normalized spacial score (nSPS) is 13.9. The zero-order valence-electron chi connectivity index (χ0n) is 13.9. The molecular formula is C23H16N2. The van der Waals surface area contributed by atoms with Crippen LogP contribution in [-0.2, 0) is 0 Å². The molecule has 0 aliphatic heterocycles. The number of aromatic nitrogens is 1. The third-order valence-corrected chi connectivity index (χ3v) is 4.72. The van der Waals surface area contributed by atoms with Gasteiger partial charge in [0, 0.05) is 28.3 Å². The van der Waals surface area contributed by atoms with Crippen LogP contribution in [0.15, 0.2) is 84.0 Å². The number of hydrogen-bond acceptors (Lipinski definition) is 2. The Bertz CT molecular complexity index is 1150. The summed E-state index contributed by atoms with van der Waals surface area (Å²) < 4.78 is 0. The summed E-state index contributed by atoms with van der Waals surface area (Å²) in [7, 11) is 0. The Morgan fingerprint density at radius 1 is 0.760 bits per heavy atom. The van der Waals surface area contributed by atoms with Crippen molar-refractivity contribution in [1.29, 1.82) is 0 Å². The van der Waals surface area contributed by atoms with Crippen molar-refractivity contribution in [2.75, 3.05) is 0 Å². The predicted molar refractivity (Wildman–Crippen MR) is 104 cm³/mol. The maximum Gasteiger partial charge on any atom is 0.0810 e. The van der Waals surface area contributed by atoms with E-state index < -0.39 is 0 Å². The summed E-state index contributed by atoms with van der Waals surface area (Å²) >= 11 is 0. The van der Waals surface area contributed by atoms with Gasteiger partial charge in [-0.25, -0.2) is 4.99 Å². The van der Waals surface area contributed by atoms with Crippen molar-refractivity contribution in [2.45, 2.75) is 6.92 Å². The molecule has 0 bridgehead atoms. The van der Waals surface area contributed by atoms with Crippen molar-refractivity contribution in [2.24, 2.45) is 4.99 Å². The molecule has 1 aliphatic carbocycles. The molecule has 1 aromatic heterocycles. The van der Waals surface area contributed by atoms with Crippen LogP contribution in [0.5, 0.6) is 0 Å². The minimum absolute atomic E-state index is 0.997. The first-order valence-corrected chi connectivity index (χ1v) is 8.44. The van der Waals surface area contributed by atoms with Gasteiger partial charge in [0.05, 0.1) is 17.1 Å². The second-order valence-electron chi connectivity index (χ2n) is 6.41. The van der Waals surface area contributed by atoms with E-state index in [2.05, 4.69) is 84.7 Å². The van der Waals surface area contributed by atoms with Crippen molar-refractivity contribution < 1.29 is 0 Å². The summed E-state index contributed by atoms with van der Waals surface area (Å²) in [6.07, 6.45) is 1.93. The Morgan fingerprint density at radius 3 is 2.44 bits per heavy atom. The highest BCUT2D eigenvalue weighted by atomic mass is 14.8. The zero-order chi connectivity index (χ0) is 16.8. The zero-order valence-corrected chi connectivity index (χ0v) is 13.9. The van der Waals surface area contributed by atoms with Gasteiger partial charge < -0.3 is 0 Å². The minimum Gasteiger partial charge on any atom is -0.255 e. The fourth-order valence-electron chi connectivity index (χ4n) is 3.55. The van der Waals surface area contributed by atoms with Gasteiger partial charge in [0.15, 0.2) is 0 Å². The standard InChI is InChI=1S/C23H16N2/c1-15-13-20-22(24-14-15)18-10-4-5-11-19(18)23(20)25-21-12-6-8-16-7-2-3-9-17(16)21/h2-14H,1H3. The van der Waals surface area contributed by atoms with Gasteiger partial charge in [-0.05, 0) is 30.0 Å². The van der Waals surface area contributed by atoms with E-state index in [1.165, 1.54) is 10.8 Å².